The van der Waals surface area contributed by atoms with Crippen molar-refractivity contribution >= 4 is 0 Å². The molecule has 2 saturated carbocycles. The van der Waals surface area contributed by atoms with E-state index in [1.165, 1.54) is 64.2 Å². The highest BCUT2D eigenvalue weighted by atomic mass is 16.3. The lowest BCUT2D eigenvalue weighted by molar-refractivity contribution is 0.0746. The molecule has 2 fully saturated rings. The molecule has 8 atom stereocenters. The van der Waals surface area contributed by atoms with Crippen LogP contribution in [0.1, 0.15) is 98.8 Å². The van der Waals surface area contributed by atoms with E-state index in [9.17, 15) is 5.11 Å². The smallest absolute Gasteiger partial charge is 0.0462 e. The van der Waals surface area contributed by atoms with Gasteiger partial charge in [-0.15, -0.1) is 0 Å². The summed E-state index contributed by atoms with van der Waals surface area (Å²) in [6, 6.07) is 0. The van der Waals surface area contributed by atoms with Crippen LogP contribution in [0.5, 0.6) is 0 Å². The molecule has 4 rings (SSSR count). The SMILES string of the molecule is CC(CO)[C@H](C)C=C[C@@H](C)[C@H]1CC[C@H]2C3=C(CC[C@]12C)[C@@]1(C)CCCCC1CC3. The van der Waals surface area contributed by atoms with Crippen molar-refractivity contribution in [3.05, 3.63) is 23.3 Å². The monoisotopic (exact) mass is 398 g/mol. The van der Waals surface area contributed by atoms with Crippen LogP contribution in [0, 0.1) is 46.3 Å². The van der Waals surface area contributed by atoms with E-state index in [0.717, 1.165) is 17.8 Å². The van der Waals surface area contributed by atoms with Gasteiger partial charge in [0.2, 0.25) is 0 Å². The van der Waals surface area contributed by atoms with E-state index in [1.807, 2.05) is 11.1 Å². The third-order valence-electron chi connectivity index (χ3n) is 10.5. The molecule has 0 heterocycles. The molecule has 1 N–H and O–H groups in total. The van der Waals surface area contributed by atoms with Crippen LogP contribution in [0.25, 0.3) is 0 Å². The van der Waals surface area contributed by atoms with Crippen LogP contribution in [0.4, 0.5) is 0 Å². The molecule has 0 saturated heterocycles. The van der Waals surface area contributed by atoms with Crippen LogP contribution in [-0.4, -0.2) is 11.7 Å². The maximum absolute atomic E-state index is 9.45. The average molecular weight is 399 g/mol. The van der Waals surface area contributed by atoms with E-state index in [0.29, 0.717) is 35.2 Å². The summed E-state index contributed by atoms with van der Waals surface area (Å²) < 4.78 is 0. The first-order valence-corrected chi connectivity index (χ1v) is 12.8. The molecule has 4 aliphatic rings. The average Bonchev–Trinajstić information content (AvgIpc) is 3.08. The minimum Gasteiger partial charge on any atom is -0.396 e. The Morgan fingerprint density at radius 2 is 1.76 bits per heavy atom. The Balaban J connectivity index is 1.54. The largest absolute Gasteiger partial charge is 0.396 e. The van der Waals surface area contributed by atoms with Crippen molar-refractivity contribution in [3.8, 4) is 0 Å². The van der Waals surface area contributed by atoms with Gasteiger partial charge in [0.05, 0.1) is 0 Å². The molecular formula is C28H46O. The molecule has 1 nitrogen and oxygen atoms in total. The molecular weight excluding hydrogens is 352 g/mol. The second-order valence-corrected chi connectivity index (χ2v) is 11.9. The van der Waals surface area contributed by atoms with Crippen molar-refractivity contribution < 1.29 is 5.11 Å². The van der Waals surface area contributed by atoms with Crippen LogP contribution in [-0.2, 0) is 0 Å². The molecule has 0 aromatic carbocycles. The number of allylic oxidation sites excluding steroid dienone is 4. The molecule has 2 unspecified atom stereocenters. The Kier molecular flexibility index (Phi) is 6.11. The van der Waals surface area contributed by atoms with Gasteiger partial charge in [-0.3, -0.25) is 0 Å². The lowest BCUT2D eigenvalue weighted by Crippen LogP contribution is -2.43. The Hall–Kier alpha value is -0.560. The number of aliphatic hydroxyl groups excluding tert-OH is 1. The Morgan fingerprint density at radius 3 is 2.52 bits per heavy atom. The van der Waals surface area contributed by atoms with Crippen molar-refractivity contribution in [3.63, 3.8) is 0 Å². The van der Waals surface area contributed by atoms with E-state index < -0.39 is 0 Å². The fourth-order valence-corrected chi connectivity index (χ4v) is 8.24. The lowest BCUT2D eigenvalue weighted by Gasteiger charge is -2.54. The molecule has 29 heavy (non-hydrogen) atoms. The molecule has 0 spiro atoms. The Labute approximate surface area is 180 Å². The normalized spacial score (nSPS) is 42.9. The summed E-state index contributed by atoms with van der Waals surface area (Å²) in [5, 5.41) is 9.45. The van der Waals surface area contributed by atoms with Crippen molar-refractivity contribution in [1.82, 2.24) is 0 Å². The standard InChI is InChI=1S/C28H46O/c1-19(21(3)18-29)9-10-20(2)24-13-14-25-23-12-11-22-8-6-7-16-27(22,4)26(23)15-17-28(24,25)5/h9-10,19-22,24-25,29H,6-8,11-18H2,1-5H3/t19-,20-,21?,22?,24-,25+,27+,28-/m1/s1. The number of hydrogen-bond donors (Lipinski definition) is 1. The minimum absolute atomic E-state index is 0.291. The zero-order chi connectivity index (χ0) is 20.8. The summed E-state index contributed by atoms with van der Waals surface area (Å²) in [7, 11) is 0. The first kappa shape index (κ1) is 21.7. The topological polar surface area (TPSA) is 20.2 Å². The molecule has 0 aromatic heterocycles. The quantitative estimate of drug-likeness (QED) is 0.474. The predicted molar refractivity (Wildman–Crippen MR) is 124 cm³/mol. The summed E-state index contributed by atoms with van der Waals surface area (Å²) >= 11 is 0. The maximum Gasteiger partial charge on any atom is 0.0462 e. The first-order chi connectivity index (χ1) is 13.8. The fraction of sp³-hybridized carbons (Fsp3) is 0.857. The van der Waals surface area contributed by atoms with Crippen LogP contribution in [0.2, 0.25) is 0 Å². The third-order valence-corrected chi connectivity index (χ3v) is 10.5. The van der Waals surface area contributed by atoms with Gasteiger partial charge in [0.25, 0.3) is 0 Å². The van der Waals surface area contributed by atoms with E-state index in [-0.39, 0.29) is 0 Å². The second kappa shape index (κ2) is 8.18. The number of rotatable bonds is 5. The predicted octanol–water partition coefficient (Wildman–Crippen LogP) is 7.56. The summed E-state index contributed by atoms with van der Waals surface area (Å²) in [6.07, 6.45) is 19.3. The van der Waals surface area contributed by atoms with E-state index in [4.69, 9.17) is 0 Å². The van der Waals surface area contributed by atoms with Gasteiger partial charge < -0.3 is 5.11 Å². The maximum atomic E-state index is 9.45. The van der Waals surface area contributed by atoms with Crippen LogP contribution in [0.15, 0.2) is 23.3 Å². The first-order valence-electron chi connectivity index (χ1n) is 12.8. The molecule has 0 radical (unpaired) electrons. The van der Waals surface area contributed by atoms with Gasteiger partial charge >= 0.3 is 0 Å². The van der Waals surface area contributed by atoms with Crippen LogP contribution in [0.3, 0.4) is 0 Å². The molecule has 164 valence electrons. The summed E-state index contributed by atoms with van der Waals surface area (Å²) in [4.78, 5) is 0. The van der Waals surface area contributed by atoms with Gasteiger partial charge in [0.15, 0.2) is 0 Å². The number of fused-ring (bicyclic) bond motifs is 4. The highest BCUT2D eigenvalue weighted by molar-refractivity contribution is 5.34. The van der Waals surface area contributed by atoms with Crippen molar-refractivity contribution in [2.24, 2.45) is 46.3 Å². The lowest BCUT2D eigenvalue weighted by atomic mass is 9.51. The Morgan fingerprint density at radius 1 is 0.966 bits per heavy atom. The highest BCUT2D eigenvalue weighted by Crippen LogP contribution is 2.65. The second-order valence-electron chi connectivity index (χ2n) is 11.9. The third kappa shape index (κ3) is 3.58. The molecule has 0 aliphatic heterocycles. The van der Waals surface area contributed by atoms with Crippen molar-refractivity contribution in [2.45, 2.75) is 98.8 Å². The van der Waals surface area contributed by atoms with Gasteiger partial charge in [0, 0.05) is 6.61 Å². The van der Waals surface area contributed by atoms with Crippen molar-refractivity contribution in [2.75, 3.05) is 6.61 Å². The van der Waals surface area contributed by atoms with Crippen LogP contribution >= 0.6 is 0 Å². The van der Waals surface area contributed by atoms with Gasteiger partial charge in [-0.1, -0.05) is 70.8 Å². The van der Waals surface area contributed by atoms with Gasteiger partial charge in [-0.25, -0.2) is 0 Å². The van der Waals surface area contributed by atoms with Gasteiger partial charge in [0.1, 0.15) is 0 Å². The molecule has 4 aliphatic carbocycles. The van der Waals surface area contributed by atoms with Crippen LogP contribution < -0.4 is 0 Å². The molecule has 0 aromatic rings. The molecule has 0 amide bonds. The fourth-order valence-electron chi connectivity index (χ4n) is 8.24. The highest BCUT2D eigenvalue weighted by Gasteiger charge is 2.55. The Bertz CT molecular complexity index is 659. The van der Waals surface area contributed by atoms with Gasteiger partial charge in [-0.05, 0) is 97.7 Å². The minimum atomic E-state index is 0.291. The molecule has 1 heteroatoms. The zero-order valence-electron chi connectivity index (χ0n) is 19.8. The van der Waals surface area contributed by atoms with E-state index in [2.05, 4.69) is 46.8 Å². The number of aliphatic hydroxyl groups is 1. The molecule has 0 bridgehead atoms. The van der Waals surface area contributed by atoms with E-state index in [1.54, 1.807) is 0 Å². The summed E-state index contributed by atoms with van der Waals surface area (Å²) in [5.41, 5.74) is 4.95. The summed E-state index contributed by atoms with van der Waals surface area (Å²) in [5.74, 6) is 4.15. The van der Waals surface area contributed by atoms with Gasteiger partial charge in [-0.2, -0.15) is 0 Å². The zero-order valence-corrected chi connectivity index (χ0v) is 19.8. The summed E-state index contributed by atoms with van der Waals surface area (Å²) in [6.45, 7) is 12.5. The number of hydrogen-bond acceptors (Lipinski definition) is 1. The van der Waals surface area contributed by atoms with E-state index >= 15 is 0 Å². The van der Waals surface area contributed by atoms with Crippen molar-refractivity contribution in [1.29, 1.82) is 0 Å².